The number of amides is 1. The summed E-state index contributed by atoms with van der Waals surface area (Å²) in [5.74, 6) is 0.0971. The lowest BCUT2D eigenvalue weighted by molar-refractivity contribution is -0.115. The largest absolute Gasteiger partial charge is 0.325 e. The summed E-state index contributed by atoms with van der Waals surface area (Å²) in [5, 5.41) is 3.05. The monoisotopic (exact) mass is 283 g/mol. The number of carbonyl (C=O) groups excluding carboxylic acids is 1. The zero-order chi connectivity index (χ0) is 14.1. The van der Waals surface area contributed by atoms with Gasteiger partial charge in [-0.2, -0.15) is 0 Å². The van der Waals surface area contributed by atoms with Crippen molar-refractivity contribution in [2.75, 3.05) is 5.32 Å². The molecule has 0 aromatic heterocycles. The van der Waals surface area contributed by atoms with Gasteiger partial charge in [-0.3, -0.25) is 4.79 Å². The van der Waals surface area contributed by atoms with Gasteiger partial charge in [-0.25, -0.2) is 0 Å². The molecule has 0 spiro atoms. The van der Waals surface area contributed by atoms with Crippen molar-refractivity contribution < 1.29 is 4.79 Å². The minimum absolute atomic E-state index is 0.0210. The van der Waals surface area contributed by atoms with Gasteiger partial charge >= 0.3 is 0 Å². The summed E-state index contributed by atoms with van der Waals surface area (Å²) >= 11 is 1.66. The number of fused-ring (bicyclic) bond motifs is 1. The average Bonchev–Trinajstić information content (AvgIpc) is 2.87. The van der Waals surface area contributed by atoms with E-state index in [1.807, 2.05) is 38.1 Å². The molecule has 0 saturated heterocycles. The van der Waals surface area contributed by atoms with Crippen LogP contribution in [0.5, 0.6) is 0 Å². The van der Waals surface area contributed by atoms with Crippen LogP contribution in [0.2, 0.25) is 0 Å². The third kappa shape index (κ3) is 2.59. The lowest BCUT2D eigenvalue weighted by Gasteiger charge is -2.12. The molecule has 1 atom stereocenters. The highest BCUT2D eigenvalue weighted by molar-refractivity contribution is 8.01. The minimum atomic E-state index is -0.0210. The predicted molar refractivity (Wildman–Crippen MR) is 84.3 cm³/mol. The molecule has 20 heavy (non-hydrogen) atoms. The van der Waals surface area contributed by atoms with Crippen molar-refractivity contribution in [2.45, 2.75) is 30.4 Å². The zero-order valence-corrected chi connectivity index (χ0v) is 12.5. The van der Waals surface area contributed by atoms with Crippen molar-refractivity contribution in [3.8, 4) is 0 Å². The molecule has 1 aliphatic rings. The van der Waals surface area contributed by atoms with Gasteiger partial charge in [-0.15, -0.1) is 11.8 Å². The Morgan fingerprint density at radius 3 is 2.80 bits per heavy atom. The fourth-order valence-corrected chi connectivity index (χ4v) is 3.61. The summed E-state index contributed by atoms with van der Waals surface area (Å²) in [6.45, 7) is 4.06. The fraction of sp³-hybridized carbons (Fsp3) is 0.235. The molecule has 1 heterocycles. The first kappa shape index (κ1) is 13.3. The van der Waals surface area contributed by atoms with Crippen LogP contribution in [0.3, 0.4) is 0 Å². The summed E-state index contributed by atoms with van der Waals surface area (Å²) in [4.78, 5) is 13.6. The van der Waals surface area contributed by atoms with Gasteiger partial charge in [-0.05, 0) is 49.1 Å². The average molecular weight is 283 g/mol. The third-order valence-electron chi connectivity index (χ3n) is 3.59. The maximum absolute atomic E-state index is 12.4. The summed E-state index contributed by atoms with van der Waals surface area (Å²) in [6, 6.07) is 14.4. The molecule has 3 heteroatoms. The second kappa shape index (κ2) is 5.33. The number of thioether (sulfide) groups is 1. The molecule has 0 aliphatic carbocycles. The first-order valence-corrected chi connectivity index (χ1v) is 7.64. The van der Waals surface area contributed by atoms with Crippen molar-refractivity contribution in [3.05, 3.63) is 59.2 Å². The maximum Gasteiger partial charge on any atom is 0.238 e. The van der Waals surface area contributed by atoms with Gasteiger partial charge in [0.05, 0.1) is 5.25 Å². The van der Waals surface area contributed by atoms with E-state index in [0.29, 0.717) is 0 Å². The van der Waals surface area contributed by atoms with E-state index in [4.69, 9.17) is 0 Å². The fourth-order valence-electron chi connectivity index (χ4n) is 2.41. The minimum Gasteiger partial charge on any atom is -0.325 e. The van der Waals surface area contributed by atoms with E-state index in [2.05, 4.69) is 23.5 Å². The van der Waals surface area contributed by atoms with Crippen LogP contribution in [0.25, 0.3) is 0 Å². The van der Waals surface area contributed by atoms with Gasteiger partial charge in [0.15, 0.2) is 0 Å². The summed E-state index contributed by atoms with van der Waals surface area (Å²) in [5.41, 5.74) is 4.46. The molecule has 3 rings (SSSR count). The molecule has 2 nitrogen and oxygen atoms in total. The van der Waals surface area contributed by atoms with E-state index in [9.17, 15) is 4.79 Å². The molecule has 1 amide bonds. The van der Waals surface area contributed by atoms with Crippen LogP contribution in [-0.4, -0.2) is 11.2 Å². The number of aryl methyl sites for hydroxylation is 2. The Bertz CT molecular complexity index is 641. The standard InChI is InChI=1S/C17H17NOS/c1-11-7-8-12(2)14(9-11)18-17(19)16-10-13-5-3-4-6-15(13)20-16/h3-9,16H,10H2,1-2H3,(H,18,19). The molecule has 0 bridgehead atoms. The van der Waals surface area contributed by atoms with Crippen molar-refractivity contribution in [1.82, 2.24) is 0 Å². The third-order valence-corrected chi connectivity index (χ3v) is 4.91. The van der Waals surface area contributed by atoms with Crippen LogP contribution in [0.4, 0.5) is 5.69 Å². The molecule has 1 unspecified atom stereocenters. The van der Waals surface area contributed by atoms with Crippen molar-refractivity contribution in [1.29, 1.82) is 0 Å². The molecule has 0 fully saturated rings. The Kier molecular flexibility index (Phi) is 3.53. The maximum atomic E-state index is 12.4. The highest BCUT2D eigenvalue weighted by Gasteiger charge is 2.28. The molecular weight excluding hydrogens is 266 g/mol. The normalized spacial score (nSPS) is 16.8. The van der Waals surface area contributed by atoms with E-state index >= 15 is 0 Å². The summed E-state index contributed by atoms with van der Waals surface area (Å²) in [6.07, 6.45) is 0.817. The van der Waals surface area contributed by atoms with E-state index in [1.165, 1.54) is 10.5 Å². The van der Waals surface area contributed by atoms with Crippen molar-refractivity contribution in [2.24, 2.45) is 0 Å². The SMILES string of the molecule is Cc1ccc(C)c(NC(=O)C2Cc3ccccc3S2)c1. The molecule has 2 aromatic carbocycles. The van der Waals surface area contributed by atoms with Crippen LogP contribution in [-0.2, 0) is 11.2 Å². The second-order valence-corrected chi connectivity index (χ2v) is 6.47. The van der Waals surface area contributed by atoms with E-state index in [0.717, 1.165) is 23.2 Å². The van der Waals surface area contributed by atoms with Crippen LogP contribution in [0.15, 0.2) is 47.4 Å². The van der Waals surface area contributed by atoms with Crippen molar-refractivity contribution in [3.63, 3.8) is 0 Å². The van der Waals surface area contributed by atoms with Crippen LogP contribution in [0, 0.1) is 13.8 Å². The topological polar surface area (TPSA) is 29.1 Å². The van der Waals surface area contributed by atoms with Gasteiger partial charge in [0.2, 0.25) is 5.91 Å². The van der Waals surface area contributed by atoms with E-state index < -0.39 is 0 Å². The quantitative estimate of drug-likeness (QED) is 0.904. The molecular formula is C17H17NOS. The van der Waals surface area contributed by atoms with Gasteiger partial charge in [0.25, 0.3) is 0 Å². The summed E-state index contributed by atoms with van der Waals surface area (Å²) in [7, 11) is 0. The number of hydrogen-bond donors (Lipinski definition) is 1. The van der Waals surface area contributed by atoms with E-state index in [-0.39, 0.29) is 11.2 Å². The first-order valence-electron chi connectivity index (χ1n) is 6.76. The number of rotatable bonds is 2. The number of carbonyl (C=O) groups is 1. The van der Waals surface area contributed by atoms with Crippen LogP contribution in [0.1, 0.15) is 16.7 Å². The zero-order valence-electron chi connectivity index (χ0n) is 11.6. The number of anilines is 1. The van der Waals surface area contributed by atoms with Crippen LogP contribution >= 0.6 is 11.8 Å². The molecule has 2 aromatic rings. The lowest BCUT2D eigenvalue weighted by Crippen LogP contribution is -2.25. The summed E-state index contributed by atoms with van der Waals surface area (Å²) < 4.78 is 0. The van der Waals surface area contributed by atoms with Gasteiger partial charge in [0.1, 0.15) is 0 Å². The van der Waals surface area contributed by atoms with Crippen molar-refractivity contribution >= 4 is 23.4 Å². The molecule has 1 N–H and O–H groups in total. The highest BCUT2D eigenvalue weighted by Crippen LogP contribution is 2.37. The van der Waals surface area contributed by atoms with Gasteiger partial charge in [0, 0.05) is 10.6 Å². The highest BCUT2D eigenvalue weighted by atomic mass is 32.2. The lowest BCUT2D eigenvalue weighted by atomic mass is 10.1. The molecule has 102 valence electrons. The molecule has 1 aliphatic heterocycles. The Balaban J connectivity index is 1.74. The van der Waals surface area contributed by atoms with Crippen LogP contribution < -0.4 is 5.32 Å². The Hall–Kier alpha value is -1.74. The van der Waals surface area contributed by atoms with Gasteiger partial charge < -0.3 is 5.32 Å². The van der Waals surface area contributed by atoms with E-state index in [1.54, 1.807) is 11.8 Å². The van der Waals surface area contributed by atoms with Gasteiger partial charge in [-0.1, -0.05) is 30.3 Å². The molecule has 0 radical (unpaired) electrons. The smallest absolute Gasteiger partial charge is 0.238 e. The Labute approximate surface area is 123 Å². The second-order valence-electron chi connectivity index (χ2n) is 5.23. The predicted octanol–water partition coefficient (Wildman–Crippen LogP) is 3.96. The first-order chi connectivity index (χ1) is 9.63. The number of benzene rings is 2. The molecule has 0 saturated carbocycles. The Morgan fingerprint density at radius 2 is 2.00 bits per heavy atom. The number of nitrogens with one attached hydrogen (secondary N) is 1. The Morgan fingerprint density at radius 1 is 1.20 bits per heavy atom. The number of hydrogen-bond acceptors (Lipinski definition) is 2.